The van der Waals surface area contributed by atoms with Gasteiger partial charge in [-0.05, 0) is 32.0 Å². The highest BCUT2D eigenvalue weighted by atomic mass is 32.2. The maximum absolute atomic E-state index is 12.6. The van der Waals surface area contributed by atoms with E-state index in [9.17, 15) is 13.2 Å². The van der Waals surface area contributed by atoms with E-state index in [2.05, 4.69) is 10.5 Å². The van der Waals surface area contributed by atoms with Gasteiger partial charge in [-0.2, -0.15) is 0 Å². The number of benzene rings is 1. The van der Waals surface area contributed by atoms with Crippen molar-refractivity contribution in [3.8, 4) is 0 Å². The highest BCUT2D eigenvalue weighted by Crippen LogP contribution is 2.16. The summed E-state index contributed by atoms with van der Waals surface area (Å²) in [6.45, 7) is 3.84. The highest BCUT2D eigenvalue weighted by Gasteiger charge is 2.18. The molecule has 0 saturated heterocycles. The summed E-state index contributed by atoms with van der Waals surface area (Å²) >= 11 is 0. The molecule has 0 aliphatic rings. The second-order valence-electron chi connectivity index (χ2n) is 5.67. The van der Waals surface area contributed by atoms with Crippen LogP contribution in [0.15, 0.2) is 58.2 Å². The first-order chi connectivity index (χ1) is 11.9. The Morgan fingerprint density at radius 3 is 2.56 bits per heavy atom. The van der Waals surface area contributed by atoms with Crippen molar-refractivity contribution >= 4 is 15.9 Å². The van der Waals surface area contributed by atoms with Crippen molar-refractivity contribution in [1.29, 1.82) is 0 Å². The zero-order valence-electron chi connectivity index (χ0n) is 13.8. The first-order valence-electron chi connectivity index (χ1n) is 7.57. The number of nitrogens with zero attached hydrogens (tertiary/aromatic N) is 2. The summed E-state index contributed by atoms with van der Waals surface area (Å²) in [5.41, 5.74) is 1.93. The molecule has 0 aliphatic heterocycles. The number of carbonyl (C=O) groups is 1. The van der Waals surface area contributed by atoms with Crippen molar-refractivity contribution < 1.29 is 17.7 Å². The van der Waals surface area contributed by atoms with Gasteiger partial charge in [0.1, 0.15) is 0 Å². The molecule has 0 spiro atoms. The minimum atomic E-state index is -3.72. The van der Waals surface area contributed by atoms with Crippen LogP contribution in [0.3, 0.4) is 0 Å². The first kappa shape index (κ1) is 17.0. The number of aryl methyl sites for hydroxylation is 2. The van der Waals surface area contributed by atoms with E-state index < -0.39 is 15.9 Å². The summed E-state index contributed by atoms with van der Waals surface area (Å²) in [4.78, 5) is 12.3. The smallest absolute Gasteiger partial charge is 0.267 e. The predicted molar refractivity (Wildman–Crippen MR) is 90.6 cm³/mol. The van der Waals surface area contributed by atoms with Gasteiger partial charge in [-0.25, -0.2) is 12.4 Å². The summed E-state index contributed by atoms with van der Waals surface area (Å²) in [6, 6.07) is 9.69. The Labute approximate surface area is 145 Å². The monoisotopic (exact) mass is 359 g/mol. The zero-order valence-corrected chi connectivity index (χ0v) is 14.6. The molecule has 8 heteroatoms. The van der Waals surface area contributed by atoms with E-state index in [0.717, 1.165) is 15.2 Å². The Kier molecular flexibility index (Phi) is 4.45. The standard InChI is InChI=1S/C17H17N3O4S/c1-12-3-5-16(6-4-12)25(22,23)20-8-7-14(11-20)17(21)18-10-15-9-13(2)19-24-15/h3-9,11H,10H2,1-2H3,(H,18,21). The molecule has 2 heterocycles. The number of rotatable bonds is 5. The van der Waals surface area contributed by atoms with Crippen molar-refractivity contribution in [2.45, 2.75) is 25.3 Å². The van der Waals surface area contributed by atoms with E-state index in [-0.39, 0.29) is 17.0 Å². The van der Waals surface area contributed by atoms with E-state index in [4.69, 9.17) is 4.52 Å². The topological polar surface area (TPSA) is 94.2 Å². The lowest BCUT2D eigenvalue weighted by Gasteiger charge is -2.06. The highest BCUT2D eigenvalue weighted by molar-refractivity contribution is 7.90. The predicted octanol–water partition coefficient (Wildman–Crippen LogP) is 2.26. The molecule has 0 bridgehead atoms. The quantitative estimate of drug-likeness (QED) is 0.754. The molecule has 0 fully saturated rings. The average molecular weight is 359 g/mol. The van der Waals surface area contributed by atoms with Crippen molar-refractivity contribution in [2.75, 3.05) is 0 Å². The van der Waals surface area contributed by atoms with Gasteiger partial charge >= 0.3 is 0 Å². The van der Waals surface area contributed by atoms with E-state index in [1.807, 2.05) is 6.92 Å². The summed E-state index contributed by atoms with van der Waals surface area (Å²) in [5.74, 6) is 0.129. The van der Waals surface area contributed by atoms with E-state index in [1.54, 1.807) is 25.1 Å². The summed E-state index contributed by atoms with van der Waals surface area (Å²) < 4.78 is 31.2. The molecule has 0 atom stereocenters. The minimum absolute atomic E-state index is 0.165. The van der Waals surface area contributed by atoms with Crippen LogP contribution in [0.5, 0.6) is 0 Å². The van der Waals surface area contributed by atoms with Gasteiger partial charge in [-0.3, -0.25) is 4.79 Å². The fourth-order valence-corrected chi connectivity index (χ4v) is 3.46. The zero-order chi connectivity index (χ0) is 18.0. The Bertz CT molecular complexity index is 1000. The molecule has 3 rings (SSSR count). The molecule has 7 nitrogen and oxygen atoms in total. The maximum Gasteiger partial charge on any atom is 0.267 e. The van der Waals surface area contributed by atoms with Gasteiger partial charge in [0, 0.05) is 18.5 Å². The minimum Gasteiger partial charge on any atom is -0.359 e. The van der Waals surface area contributed by atoms with Gasteiger partial charge < -0.3 is 9.84 Å². The van der Waals surface area contributed by atoms with E-state index in [0.29, 0.717) is 5.76 Å². The van der Waals surface area contributed by atoms with Crippen molar-refractivity contribution in [1.82, 2.24) is 14.4 Å². The van der Waals surface area contributed by atoms with Gasteiger partial charge in [0.2, 0.25) is 0 Å². The lowest BCUT2D eigenvalue weighted by Crippen LogP contribution is -2.22. The maximum atomic E-state index is 12.6. The largest absolute Gasteiger partial charge is 0.359 e. The SMILES string of the molecule is Cc1ccc(S(=O)(=O)n2ccc(C(=O)NCc3cc(C)no3)c2)cc1. The number of amides is 1. The number of hydrogen-bond donors (Lipinski definition) is 1. The second kappa shape index (κ2) is 6.56. The third kappa shape index (κ3) is 3.63. The third-order valence-electron chi connectivity index (χ3n) is 3.63. The Hall–Kier alpha value is -2.87. The number of hydrogen-bond acceptors (Lipinski definition) is 5. The molecular weight excluding hydrogens is 342 g/mol. The van der Waals surface area contributed by atoms with Crippen LogP contribution in [-0.2, 0) is 16.6 Å². The van der Waals surface area contributed by atoms with Crippen LogP contribution in [0.1, 0.15) is 27.4 Å². The second-order valence-corrected chi connectivity index (χ2v) is 7.51. The number of carbonyl (C=O) groups excluding carboxylic acids is 1. The normalized spacial score (nSPS) is 11.4. The van der Waals surface area contributed by atoms with Crippen molar-refractivity contribution in [2.24, 2.45) is 0 Å². The molecule has 1 amide bonds. The molecule has 0 unspecified atom stereocenters. The summed E-state index contributed by atoms with van der Waals surface area (Å²) in [5, 5.41) is 6.39. The van der Waals surface area contributed by atoms with Gasteiger partial charge in [0.05, 0.1) is 22.7 Å². The molecular formula is C17H17N3O4S. The molecule has 0 aliphatic carbocycles. The Morgan fingerprint density at radius 1 is 1.20 bits per heavy atom. The first-order valence-corrected chi connectivity index (χ1v) is 9.01. The molecule has 0 saturated carbocycles. The van der Waals surface area contributed by atoms with Crippen LogP contribution in [0.2, 0.25) is 0 Å². The molecule has 25 heavy (non-hydrogen) atoms. The molecule has 1 aromatic carbocycles. The lowest BCUT2D eigenvalue weighted by atomic mass is 10.2. The Morgan fingerprint density at radius 2 is 1.92 bits per heavy atom. The van der Waals surface area contributed by atoms with Gasteiger partial charge in [-0.15, -0.1) is 0 Å². The number of aromatic nitrogens is 2. The third-order valence-corrected chi connectivity index (χ3v) is 5.28. The fourth-order valence-electron chi connectivity index (χ4n) is 2.26. The van der Waals surface area contributed by atoms with Crippen LogP contribution in [0, 0.1) is 13.8 Å². The van der Waals surface area contributed by atoms with Crippen LogP contribution < -0.4 is 5.32 Å². The van der Waals surface area contributed by atoms with Gasteiger partial charge in [-0.1, -0.05) is 22.9 Å². The van der Waals surface area contributed by atoms with Crippen LogP contribution in [0.4, 0.5) is 0 Å². The molecule has 1 N–H and O–H groups in total. The van der Waals surface area contributed by atoms with Crippen molar-refractivity contribution in [3.63, 3.8) is 0 Å². The van der Waals surface area contributed by atoms with E-state index in [1.165, 1.54) is 30.6 Å². The molecule has 130 valence electrons. The average Bonchev–Trinajstić information content (AvgIpc) is 3.22. The van der Waals surface area contributed by atoms with Crippen molar-refractivity contribution in [3.05, 3.63) is 71.4 Å². The molecule has 0 radical (unpaired) electrons. The lowest BCUT2D eigenvalue weighted by molar-refractivity contribution is 0.0947. The fraction of sp³-hybridized carbons (Fsp3) is 0.176. The molecule has 3 aromatic rings. The molecule has 2 aromatic heterocycles. The van der Waals surface area contributed by atoms with Crippen LogP contribution in [0.25, 0.3) is 0 Å². The summed E-state index contributed by atoms with van der Waals surface area (Å²) in [7, 11) is -3.72. The van der Waals surface area contributed by atoms with Gasteiger partial charge in [0.25, 0.3) is 15.9 Å². The summed E-state index contributed by atoms with van der Waals surface area (Å²) in [6.07, 6.45) is 2.64. The van der Waals surface area contributed by atoms with Crippen LogP contribution in [-0.4, -0.2) is 23.5 Å². The Balaban J connectivity index is 1.75. The van der Waals surface area contributed by atoms with Crippen LogP contribution >= 0.6 is 0 Å². The van der Waals surface area contributed by atoms with Gasteiger partial charge in [0.15, 0.2) is 5.76 Å². The number of nitrogens with one attached hydrogen (secondary N) is 1. The van der Waals surface area contributed by atoms with E-state index >= 15 is 0 Å².